The van der Waals surface area contributed by atoms with Crippen molar-refractivity contribution in [2.24, 2.45) is 11.8 Å². The van der Waals surface area contributed by atoms with Crippen LogP contribution in [0.15, 0.2) is 91.0 Å². The van der Waals surface area contributed by atoms with E-state index in [9.17, 15) is 14.4 Å². The van der Waals surface area contributed by atoms with E-state index in [4.69, 9.17) is 9.47 Å². The lowest BCUT2D eigenvalue weighted by Crippen LogP contribution is -2.61. The average molecular weight is 474 g/mol. The first-order valence-electron chi connectivity index (χ1n) is 10.9. The van der Waals surface area contributed by atoms with E-state index < -0.39 is 33.4 Å². The highest BCUT2D eigenvalue weighted by atomic mass is 32.2. The maximum Gasteiger partial charge on any atom is 0.313 e. The molecule has 2 fully saturated rings. The van der Waals surface area contributed by atoms with Gasteiger partial charge in [-0.25, -0.2) is 0 Å². The molecule has 2 aliphatic rings. The maximum absolute atomic E-state index is 14.5. The zero-order valence-electron chi connectivity index (χ0n) is 18.7. The molecular weight excluding hydrogens is 450 g/mol. The lowest BCUT2D eigenvalue weighted by Gasteiger charge is -2.45. The first kappa shape index (κ1) is 22.2. The Labute approximate surface area is 201 Å². The third-order valence-corrected chi connectivity index (χ3v) is 8.65. The molecule has 0 saturated carbocycles. The lowest BCUT2D eigenvalue weighted by atomic mass is 9.68. The monoisotopic (exact) mass is 473 g/mol. The van der Waals surface area contributed by atoms with Crippen LogP contribution in [0.2, 0.25) is 0 Å². The molecule has 2 saturated heterocycles. The van der Waals surface area contributed by atoms with E-state index in [1.807, 2.05) is 91.0 Å². The summed E-state index contributed by atoms with van der Waals surface area (Å²) in [4.78, 5) is 41.8. The highest BCUT2D eigenvalue weighted by Crippen LogP contribution is 2.74. The fourth-order valence-electron chi connectivity index (χ4n) is 5.34. The SMILES string of the molecule is COC(=O)[C@H]1[C@H](C(=O)OC)C2(c3ccccc3)SC1(c1ccccc1)C(=O)N2c1ccccc1. The molecule has 7 heteroatoms. The molecule has 34 heavy (non-hydrogen) atoms. The number of rotatable bonds is 5. The minimum absolute atomic E-state index is 0.269. The Kier molecular flexibility index (Phi) is 5.44. The number of amides is 1. The number of thioether (sulfide) groups is 1. The molecular formula is C27H23NO5S. The molecule has 0 radical (unpaired) electrons. The van der Waals surface area contributed by atoms with Crippen LogP contribution in [0.25, 0.3) is 0 Å². The molecule has 0 aromatic heterocycles. The highest BCUT2D eigenvalue weighted by Gasteiger charge is 2.80. The van der Waals surface area contributed by atoms with Gasteiger partial charge in [0.15, 0.2) is 0 Å². The smallest absolute Gasteiger partial charge is 0.313 e. The van der Waals surface area contributed by atoms with Crippen LogP contribution in [0.4, 0.5) is 5.69 Å². The Morgan fingerprint density at radius 3 is 1.74 bits per heavy atom. The normalized spacial score (nSPS) is 27.5. The summed E-state index contributed by atoms with van der Waals surface area (Å²) >= 11 is 1.32. The number of hydrogen-bond acceptors (Lipinski definition) is 6. The van der Waals surface area contributed by atoms with Crippen molar-refractivity contribution in [2.75, 3.05) is 19.1 Å². The van der Waals surface area contributed by atoms with Crippen LogP contribution in [0.3, 0.4) is 0 Å². The number of nitrogens with zero attached hydrogens (tertiary/aromatic N) is 1. The van der Waals surface area contributed by atoms with Crippen LogP contribution in [0.1, 0.15) is 11.1 Å². The number of anilines is 1. The molecule has 2 bridgehead atoms. The number of carbonyl (C=O) groups excluding carboxylic acids is 3. The Morgan fingerprint density at radius 1 is 0.735 bits per heavy atom. The lowest BCUT2D eigenvalue weighted by molar-refractivity contribution is -0.163. The fraction of sp³-hybridized carbons (Fsp3) is 0.222. The summed E-state index contributed by atoms with van der Waals surface area (Å²) in [5.74, 6) is -3.54. The van der Waals surface area contributed by atoms with Crippen molar-refractivity contribution >= 4 is 35.3 Å². The van der Waals surface area contributed by atoms with Gasteiger partial charge in [-0.3, -0.25) is 19.3 Å². The largest absolute Gasteiger partial charge is 0.469 e. The number of hydrogen-bond donors (Lipinski definition) is 0. The zero-order valence-corrected chi connectivity index (χ0v) is 19.5. The Balaban J connectivity index is 1.89. The predicted octanol–water partition coefficient (Wildman–Crippen LogP) is 4.11. The maximum atomic E-state index is 14.5. The van der Waals surface area contributed by atoms with Crippen molar-refractivity contribution in [3.63, 3.8) is 0 Å². The van der Waals surface area contributed by atoms with E-state index in [2.05, 4.69) is 0 Å². The van der Waals surface area contributed by atoms with Gasteiger partial charge in [-0.15, -0.1) is 11.8 Å². The number of fused-ring (bicyclic) bond motifs is 2. The van der Waals surface area contributed by atoms with E-state index in [-0.39, 0.29) is 5.91 Å². The van der Waals surface area contributed by atoms with Crippen LogP contribution >= 0.6 is 11.8 Å². The van der Waals surface area contributed by atoms with Crippen molar-refractivity contribution in [3.05, 3.63) is 102 Å². The summed E-state index contributed by atoms with van der Waals surface area (Å²) in [5, 5.41) is 0. The molecule has 4 atom stereocenters. The summed E-state index contributed by atoms with van der Waals surface area (Å²) in [7, 11) is 2.58. The molecule has 5 rings (SSSR count). The van der Waals surface area contributed by atoms with E-state index in [0.717, 1.165) is 5.56 Å². The van der Waals surface area contributed by atoms with E-state index in [1.54, 1.807) is 4.90 Å². The standard InChI is InChI=1S/C27H23NO5S/c1-32-23(29)21-22(24(30)33-2)27(19-14-8-4-9-15-19)28(20-16-10-5-11-17-20)25(31)26(21,34-27)18-12-6-3-7-13-18/h3-17,21-22H,1-2H3/t21-,22-,26?,27?/m1/s1. The molecule has 3 aromatic carbocycles. The van der Waals surface area contributed by atoms with Gasteiger partial charge in [0.05, 0.1) is 14.2 Å². The molecule has 0 N–H and O–H groups in total. The molecule has 0 spiro atoms. The Hall–Kier alpha value is -3.58. The van der Waals surface area contributed by atoms with Crippen molar-refractivity contribution < 1.29 is 23.9 Å². The molecule has 172 valence electrons. The second-order valence-electron chi connectivity index (χ2n) is 8.24. The van der Waals surface area contributed by atoms with Crippen molar-refractivity contribution in [2.45, 2.75) is 9.62 Å². The summed E-state index contributed by atoms with van der Waals surface area (Å²) < 4.78 is 9.08. The quantitative estimate of drug-likeness (QED) is 0.520. The molecule has 2 heterocycles. The third-order valence-electron chi connectivity index (χ3n) is 6.68. The van der Waals surface area contributed by atoms with Crippen LogP contribution in [-0.4, -0.2) is 32.1 Å². The van der Waals surface area contributed by atoms with Gasteiger partial charge in [-0.05, 0) is 23.3 Å². The van der Waals surface area contributed by atoms with Crippen LogP contribution in [-0.2, 0) is 33.5 Å². The number of esters is 2. The van der Waals surface area contributed by atoms with Crippen molar-refractivity contribution in [1.82, 2.24) is 0 Å². The summed E-state index contributed by atoms with van der Waals surface area (Å²) in [5.41, 5.74) is 2.02. The summed E-state index contributed by atoms with van der Waals surface area (Å²) in [6, 6.07) is 27.7. The van der Waals surface area contributed by atoms with Crippen LogP contribution in [0.5, 0.6) is 0 Å². The second-order valence-corrected chi connectivity index (χ2v) is 9.71. The molecule has 2 unspecified atom stereocenters. The first-order valence-corrected chi connectivity index (χ1v) is 11.7. The number of piperidine rings is 1. The molecule has 0 aliphatic carbocycles. The zero-order chi connectivity index (χ0) is 23.9. The number of carbonyl (C=O) groups is 3. The molecule has 1 amide bonds. The van der Waals surface area contributed by atoms with Crippen LogP contribution in [0, 0.1) is 11.8 Å². The average Bonchev–Trinajstić information content (AvgIpc) is 3.37. The summed E-state index contributed by atoms with van der Waals surface area (Å²) in [6.07, 6.45) is 0. The highest BCUT2D eigenvalue weighted by molar-refractivity contribution is 8.03. The number of ether oxygens (including phenoxy) is 2. The van der Waals surface area contributed by atoms with E-state index in [1.165, 1.54) is 26.0 Å². The predicted molar refractivity (Wildman–Crippen MR) is 129 cm³/mol. The molecule has 3 aromatic rings. The van der Waals surface area contributed by atoms with Crippen molar-refractivity contribution in [3.8, 4) is 0 Å². The summed E-state index contributed by atoms with van der Waals surface area (Å²) in [6.45, 7) is 0. The number of para-hydroxylation sites is 1. The van der Waals surface area contributed by atoms with Gasteiger partial charge in [0.2, 0.25) is 5.91 Å². The fourth-order valence-corrected chi connectivity index (χ4v) is 7.52. The Morgan fingerprint density at radius 2 is 1.21 bits per heavy atom. The van der Waals surface area contributed by atoms with Gasteiger partial charge in [0.25, 0.3) is 0 Å². The number of benzene rings is 3. The van der Waals surface area contributed by atoms with Gasteiger partial charge in [-0.1, -0.05) is 78.9 Å². The minimum atomic E-state index is -1.38. The topological polar surface area (TPSA) is 72.9 Å². The first-order chi connectivity index (χ1) is 16.5. The van der Waals surface area contributed by atoms with E-state index >= 15 is 0 Å². The molecule has 2 aliphatic heterocycles. The van der Waals surface area contributed by atoms with Crippen LogP contribution < -0.4 is 4.90 Å². The van der Waals surface area contributed by atoms with Gasteiger partial charge in [0, 0.05) is 5.69 Å². The van der Waals surface area contributed by atoms with Gasteiger partial charge in [0.1, 0.15) is 21.5 Å². The Bertz CT molecular complexity index is 1240. The van der Waals surface area contributed by atoms with E-state index in [0.29, 0.717) is 11.3 Å². The van der Waals surface area contributed by atoms with Gasteiger partial charge >= 0.3 is 11.9 Å². The minimum Gasteiger partial charge on any atom is -0.469 e. The second kappa shape index (κ2) is 8.33. The van der Waals surface area contributed by atoms with Gasteiger partial charge in [-0.2, -0.15) is 0 Å². The molecule has 6 nitrogen and oxygen atoms in total. The third kappa shape index (κ3) is 2.86. The number of methoxy groups -OCH3 is 2. The van der Waals surface area contributed by atoms with Gasteiger partial charge < -0.3 is 9.47 Å². The van der Waals surface area contributed by atoms with Crippen molar-refractivity contribution in [1.29, 1.82) is 0 Å².